The summed E-state index contributed by atoms with van der Waals surface area (Å²) in [5.74, 6) is 0. The molecule has 2 aromatic rings. The van der Waals surface area contributed by atoms with E-state index in [9.17, 15) is 0 Å². The van der Waals surface area contributed by atoms with Gasteiger partial charge in [-0.15, -0.1) is 0 Å². The molecule has 0 spiro atoms. The minimum Gasteiger partial charge on any atom is -0.392 e. The molecule has 0 atom stereocenters. The normalized spacial score (nSPS) is 10.3. The average molecular weight is 199 g/mol. The molecule has 15 heavy (non-hydrogen) atoms. The van der Waals surface area contributed by atoms with Gasteiger partial charge >= 0.3 is 0 Å². The van der Waals surface area contributed by atoms with Crippen LogP contribution in [0.15, 0.2) is 42.7 Å². The van der Waals surface area contributed by atoms with Gasteiger partial charge in [0.25, 0.3) is 0 Å². The second kappa shape index (κ2) is 4.24. The van der Waals surface area contributed by atoms with Gasteiger partial charge in [-0.3, -0.25) is 4.98 Å². The van der Waals surface area contributed by atoms with E-state index in [-0.39, 0.29) is 6.61 Å². The highest BCUT2D eigenvalue weighted by Gasteiger charge is 1.98. The molecule has 0 amide bonds. The zero-order valence-corrected chi connectivity index (χ0v) is 8.64. The molecule has 0 fully saturated rings. The Kier molecular flexibility index (Phi) is 2.79. The van der Waals surface area contributed by atoms with Crippen LogP contribution in [0.2, 0.25) is 0 Å². The first-order valence-corrected chi connectivity index (χ1v) is 4.91. The van der Waals surface area contributed by atoms with E-state index < -0.39 is 0 Å². The smallest absolute Gasteiger partial charge is 0.0681 e. The topological polar surface area (TPSA) is 33.1 Å². The summed E-state index contributed by atoms with van der Waals surface area (Å²) in [5, 5.41) is 8.93. The van der Waals surface area contributed by atoms with Gasteiger partial charge < -0.3 is 5.11 Å². The molecule has 76 valence electrons. The summed E-state index contributed by atoms with van der Waals surface area (Å²) in [6.07, 6.45) is 3.69. The predicted molar refractivity (Wildman–Crippen MR) is 60.3 cm³/mol. The van der Waals surface area contributed by atoms with Gasteiger partial charge in [-0.25, -0.2) is 0 Å². The number of pyridine rings is 1. The summed E-state index contributed by atoms with van der Waals surface area (Å²) in [6, 6.07) is 9.96. The van der Waals surface area contributed by atoms with E-state index in [1.807, 2.05) is 43.6 Å². The lowest BCUT2D eigenvalue weighted by Crippen LogP contribution is -1.85. The molecule has 2 nitrogen and oxygen atoms in total. The molecule has 0 unspecified atom stereocenters. The number of aryl methyl sites for hydroxylation is 1. The number of aromatic nitrogens is 1. The zero-order valence-electron chi connectivity index (χ0n) is 8.64. The average Bonchev–Trinajstić information content (AvgIpc) is 2.29. The largest absolute Gasteiger partial charge is 0.392 e. The highest BCUT2D eigenvalue weighted by molar-refractivity contribution is 5.63. The van der Waals surface area contributed by atoms with Gasteiger partial charge in [0.15, 0.2) is 0 Å². The van der Waals surface area contributed by atoms with Gasteiger partial charge in [0.1, 0.15) is 0 Å². The van der Waals surface area contributed by atoms with E-state index in [4.69, 9.17) is 5.11 Å². The highest BCUT2D eigenvalue weighted by Crippen LogP contribution is 2.19. The molecule has 1 aromatic heterocycles. The third-order valence-corrected chi connectivity index (χ3v) is 2.34. The van der Waals surface area contributed by atoms with Crippen molar-refractivity contribution in [1.82, 2.24) is 4.98 Å². The molecule has 0 aliphatic heterocycles. The Morgan fingerprint density at radius 2 is 1.80 bits per heavy atom. The second-order valence-corrected chi connectivity index (χ2v) is 3.61. The van der Waals surface area contributed by atoms with E-state index in [1.54, 1.807) is 0 Å². The van der Waals surface area contributed by atoms with Crippen molar-refractivity contribution in [1.29, 1.82) is 0 Å². The van der Waals surface area contributed by atoms with Crippen LogP contribution in [0.5, 0.6) is 0 Å². The van der Waals surface area contributed by atoms with Gasteiger partial charge in [0, 0.05) is 18.0 Å². The SMILES string of the molecule is Cc1cncc(-c2ccc(CO)cc2)c1. The Morgan fingerprint density at radius 1 is 1.07 bits per heavy atom. The van der Waals surface area contributed by atoms with Crippen molar-refractivity contribution in [3.05, 3.63) is 53.9 Å². The molecule has 0 saturated heterocycles. The van der Waals surface area contributed by atoms with Gasteiger partial charge in [-0.2, -0.15) is 0 Å². The highest BCUT2D eigenvalue weighted by atomic mass is 16.3. The molecule has 2 heteroatoms. The molecule has 1 heterocycles. The van der Waals surface area contributed by atoms with Crippen LogP contribution in [0.25, 0.3) is 11.1 Å². The Balaban J connectivity index is 2.37. The van der Waals surface area contributed by atoms with Crippen molar-refractivity contribution in [2.24, 2.45) is 0 Å². The Labute approximate surface area is 89.2 Å². The number of aliphatic hydroxyl groups is 1. The maximum absolute atomic E-state index is 8.93. The van der Waals surface area contributed by atoms with Crippen LogP contribution in [0.1, 0.15) is 11.1 Å². The number of benzene rings is 1. The maximum Gasteiger partial charge on any atom is 0.0681 e. The van der Waals surface area contributed by atoms with Crippen molar-refractivity contribution >= 4 is 0 Å². The van der Waals surface area contributed by atoms with Crippen LogP contribution in [-0.2, 0) is 6.61 Å². The number of hydrogen-bond acceptors (Lipinski definition) is 2. The molecule has 0 radical (unpaired) electrons. The summed E-state index contributed by atoms with van der Waals surface area (Å²) in [4.78, 5) is 4.15. The molecular weight excluding hydrogens is 186 g/mol. The van der Waals surface area contributed by atoms with E-state index >= 15 is 0 Å². The van der Waals surface area contributed by atoms with Crippen molar-refractivity contribution in [2.45, 2.75) is 13.5 Å². The summed E-state index contributed by atoms with van der Waals surface area (Å²) < 4.78 is 0. The Bertz CT molecular complexity index is 448. The van der Waals surface area contributed by atoms with Crippen LogP contribution in [0, 0.1) is 6.92 Å². The van der Waals surface area contributed by atoms with Crippen molar-refractivity contribution in [3.63, 3.8) is 0 Å². The number of rotatable bonds is 2. The van der Waals surface area contributed by atoms with E-state index in [0.29, 0.717) is 0 Å². The van der Waals surface area contributed by atoms with Gasteiger partial charge in [0.2, 0.25) is 0 Å². The first-order chi connectivity index (χ1) is 7.29. The minimum atomic E-state index is 0.0896. The lowest BCUT2D eigenvalue weighted by Gasteiger charge is -2.03. The maximum atomic E-state index is 8.93. The first kappa shape index (κ1) is 9.87. The zero-order chi connectivity index (χ0) is 10.7. The molecule has 0 saturated carbocycles. The fraction of sp³-hybridized carbons (Fsp3) is 0.154. The fourth-order valence-corrected chi connectivity index (χ4v) is 1.52. The Hall–Kier alpha value is -1.67. The fourth-order valence-electron chi connectivity index (χ4n) is 1.52. The van der Waals surface area contributed by atoms with Gasteiger partial charge in [0.05, 0.1) is 6.61 Å². The molecular formula is C13H13NO. The van der Waals surface area contributed by atoms with Crippen molar-refractivity contribution < 1.29 is 5.11 Å². The third-order valence-electron chi connectivity index (χ3n) is 2.34. The van der Waals surface area contributed by atoms with Crippen molar-refractivity contribution in [3.8, 4) is 11.1 Å². The Morgan fingerprint density at radius 3 is 2.40 bits per heavy atom. The molecule has 2 rings (SSSR count). The summed E-state index contributed by atoms with van der Waals surface area (Å²) in [7, 11) is 0. The molecule has 1 N–H and O–H groups in total. The molecule has 0 bridgehead atoms. The quantitative estimate of drug-likeness (QED) is 0.806. The van der Waals surface area contributed by atoms with Crippen LogP contribution < -0.4 is 0 Å². The lowest BCUT2D eigenvalue weighted by atomic mass is 10.0. The number of nitrogens with zero attached hydrogens (tertiary/aromatic N) is 1. The molecule has 1 aromatic carbocycles. The van der Waals surface area contributed by atoms with E-state index in [0.717, 1.165) is 22.3 Å². The third kappa shape index (κ3) is 2.22. The second-order valence-electron chi connectivity index (χ2n) is 3.61. The van der Waals surface area contributed by atoms with Gasteiger partial charge in [-0.1, -0.05) is 24.3 Å². The van der Waals surface area contributed by atoms with E-state index in [1.165, 1.54) is 0 Å². The van der Waals surface area contributed by atoms with Crippen LogP contribution >= 0.6 is 0 Å². The van der Waals surface area contributed by atoms with Gasteiger partial charge in [-0.05, 0) is 29.7 Å². The molecule has 0 aliphatic carbocycles. The van der Waals surface area contributed by atoms with Crippen LogP contribution in [0.3, 0.4) is 0 Å². The van der Waals surface area contributed by atoms with Crippen LogP contribution in [-0.4, -0.2) is 10.1 Å². The first-order valence-electron chi connectivity index (χ1n) is 4.91. The summed E-state index contributed by atoms with van der Waals surface area (Å²) >= 11 is 0. The minimum absolute atomic E-state index is 0.0896. The number of aliphatic hydroxyl groups excluding tert-OH is 1. The van der Waals surface area contributed by atoms with E-state index in [2.05, 4.69) is 11.1 Å². The number of hydrogen-bond donors (Lipinski definition) is 1. The summed E-state index contributed by atoms with van der Waals surface area (Å²) in [6.45, 7) is 2.12. The van der Waals surface area contributed by atoms with Crippen molar-refractivity contribution in [2.75, 3.05) is 0 Å². The monoisotopic (exact) mass is 199 g/mol. The standard InChI is InChI=1S/C13H13NO/c1-10-6-13(8-14-7-10)12-4-2-11(9-15)3-5-12/h2-8,15H,9H2,1H3. The molecule has 0 aliphatic rings. The summed E-state index contributed by atoms with van der Waals surface area (Å²) in [5.41, 5.74) is 4.32. The van der Waals surface area contributed by atoms with Crippen LogP contribution in [0.4, 0.5) is 0 Å². The lowest BCUT2D eigenvalue weighted by molar-refractivity contribution is 0.282. The predicted octanol–water partition coefficient (Wildman–Crippen LogP) is 2.55.